The van der Waals surface area contributed by atoms with Gasteiger partial charge in [-0.3, -0.25) is 9.69 Å². The van der Waals surface area contributed by atoms with Gasteiger partial charge in [-0.2, -0.15) is 0 Å². The monoisotopic (exact) mass is 334 g/mol. The van der Waals surface area contributed by atoms with Crippen LogP contribution in [0.1, 0.15) is 32.4 Å². The van der Waals surface area contributed by atoms with Crippen LogP contribution >= 0.6 is 0 Å². The summed E-state index contributed by atoms with van der Waals surface area (Å²) in [4.78, 5) is 14.3. The van der Waals surface area contributed by atoms with E-state index >= 15 is 0 Å². The maximum Gasteiger partial charge on any atom is 0.243 e. The zero-order valence-corrected chi connectivity index (χ0v) is 14.7. The van der Waals surface area contributed by atoms with E-state index in [1.165, 1.54) is 12.1 Å². The number of allylic oxidation sites excluding steroid dienone is 1. The molecule has 1 N–H and O–H groups in total. The average Bonchev–Trinajstić information content (AvgIpc) is 2.54. The zero-order chi connectivity index (χ0) is 17.6. The average molecular weight is 334 g/mol. The summed E-state index contributed by atoms with van der Waals surface area (Å²) >= 11 is 0. The number of nitrogens with one attached hydrogen (secondary N) is 1. The molecule has 1 heterocycles. The Hall–Kier alpha value is -1.72. The van der Waals surface area contributed by atoms with Gasteiger partial charge >= 0.3 is 0 Å². The van der Waals surface area contributed by atoms with Gasteiger partial charge in [0.15, 0.2) is 0 Å². The first-order chi connectivity index (χ1) is 11.3. The summed E-state index contributed by atoms with van der Waals surface area (Å²) in [7, 11) is 0. The summed E-state index contributed by atoms with van der Waals surface area (Å²) in [5, 5.41) is 2.94. The quantitative estimate of drug-likeness (QED) is 0.842. The predicted molar refractivity (Wildman–Crippen MR) is 93.1 cm³/mol. The summed E-state index contributed by atoms with van der Waals surface area (Å²) in [6, 6.07) is 6.53. The first-order valence-electron chi connectivity index (χ1n) is 8.39. The molecule has 0 radical (unpaired) electrons. The first-order valence-corrected chi connectivity index (χ1v) is 8.39. The van der Waals surface area contributed by atoms with Crippen LogP contribution in [0.4, 0.5) is 4.39 Å². The van der Waals surface area contributed by atoms with Crippen molar-refractivity contribution in [2.45, 2.75) is 26.8 Å². The number of nitrogens with zero attached hydrogens (tertiary/aromatic N) is 1. The summed E-state index contributed by atoms with van der Waals surface area (Å²) in [6.45, 7) is 9.42. The molecule has 1 fully saturated rings. The largest absolute Gasteiger partial charge is 0.379 e. The highest BCUT2D eigenvalue weighted by Crippen LogP contribution is 2.22. The van der Waals surface area contributed by atoms with E-state index in [9.17, 15) is 9.18 Å². The van der Waals surface area contributed by atoms with Crippen LogP contribution in [0, 0.1) is 11.2 Å². The number of halogens is 1. The predicted octanol–water partition coefficient (Wildman–Crippen LogP) is 2.92. The maximum absolute atomic E-state index is 13.6. The molecule has 1 atom stereocenters. The Morgan fingerprint density at radius 3 is 2.71 bits per heavy atom. The number of hydrogen-bond acceptors (Lipinski definition) is 3. The highest BCUT2D eigenvalue weighted by Gasteiger charge is 2.23. The SMILES string of the molecule is CC(C)(C)/C=C/C(=O)NCC(c1cccc(F)c1)N1CCOCC1. The third-order valence-electron chi connectivity index (χ3n) is 3.92. The Morgan fingerprint density at radius 1 is 1.38 bits per heavy atom. The fraction of sp³-hybridized carbons (Fsp3) is 0.526. The number of ether oxygens (including phenoxy) is 1. The van der Waals surface area contributed by atoms with E-state index in [0.717, 1.165) is 18.7 Å². The topological polar surface area (TPSA) is 41.6 Å². The molecule has 0 bridgehead atoms. The van der Waals surface area contributed by atoms with Crippen LogP contribution < -0.4 is 5.32 Å². The highest BCUT2D eigenvalue weighted by atomic mass is 19.1. The number of carbonyl (C=O) groups is 1. The fourth-order valence-corrected chi connectivity index (χ4v) is 2.64. The van der Waals surface area contributed by atoms with Gasteiger partial charge in [0.2, 0.25) is 5.91 Å². The molecule has 2 rings (SSSR count). The van der Waals surface area contributed by atoms with Crippen molar-refractivity contribution in [1.82, 2.24) is 10.2 Å². The van der Waals surface area contributed by atoms with Crippen LogP contribution in [0.2, 0.25) is 0 Å². The van der Waals surface area contributed by atoms with Crippen molar-refractivity contribution in [3.8, 4) is 0 Å². The Morgan fingerprint density at radius 2 is 2.08 bits per heavy atom. The van der Waals surface area contributed by atoms with Gasteiger partial charge in [-0.25, -0.2) is 4.39 Å². The Bertz CT molecular complexity index is 575. The minimum Gasteiger partial charge on any atom is -0.379 e. The first kappa shape index (κ1) is 18.6. The Balaban J connectivity index is 2.06. The van der Waals surface area contributed by atoms with Gasteiger partial charge in [0.25, 0.3) is 0 Å². The molecule has 0 aliphatic carbocycles. The van der Waals surface area contributed by atoms with Gasteiger partial charge in [0.05, 0.1) is 19.3 Å². The van der Waals surface area contributed by atoms with Crippen LogP contribution in [0.3, 0.4) is 0 Å². The van der Waals surface area contributed by atoms with Gasteiger partial charge < -0.3 is 10.1 Å². The lowest BCUT2D eigenvalue weighted by Crippen LogP contribution is -2.43. The molecule has 1 aliphatic rings. The van der Waals surface area contributed by atoms with E-state index in [1.54, 1.807) is 12.1 Å². The molecule has 1 saturated heterocycles. The van der Waals surface area contributed by atoms with Crippen LogP contribution in [0.25, 0.3) is 0 Å². The molecule has 132 valence electrons. The normalized spacial score (nSPS) is 17.8. The van der Waals surface area contributed by atoms with Crippen molar-refractivity contribution in [1.29, 1.82) is 0 Å². The van der Waals surface area contributed by atoms with Crippen LogP contribution in [0.15, 0.2) is 36.4 Å². The minimum absolute atomic E-state index is 0.0382. The standard InChI is InChI=1S/C19H27FN2O2/c1-19(2,3)8-7-18(23)21-14-17(22-9-11-24-12-10-22)15-5-4-6-16(20)13-15/h4-8,13,17H,9-12,14H2,1-3H3,(H,21,23)/b8-7+. The van der Waals surface area contributed by atoms with E-state index in [0.29, 0.717) is 19.8 Å². The molecule has 1 aliphatic heterocycles. The molecule has 1 unspecified atom stereocenters. The molecule has 1 aromatic carbocycles. The van der Waals surface area contributed by atoms with E-state index < -0.39 is 0 Å². The minimum atomic E-state index is -0.260. The molecule has 24 heavy (non-hydrogen) atoms. The molecular weight excluding hydrogens is 307 g/mol. The Labute approximate surface area is 143 Å². The van der Waals surface area contributed by atoms with Crippen LogP contribution in [0.5, 0.6) is 0 Å². The van der Waals surface area contributed by atoms with Crippen molar-refractivity contribution >= 4 is 5.91 Å². The van der Waals surface area contributed by atoms with Gasteiger partial charge in [0, 0.05) is 19.6 Å². The molecule has 1 amide bonds. The molecule has 5 heteroatoms. The van der Waals surface area contributed by atoms with Crippen molar-refractivity contribution in [2.24, 2.45) is 5.41 Å². The molecular formula is C19H27FN2O2. The second kappa shape index (κ2) is 8.40. The van der Waals surface area contributed by atoms with Crippen molar-refractivity contribution in [3.05, 3.63) is 47.8 Å². The van der Waals surface area contributed by atoms with Gasteiger partial charge in [-0.15, -0.1) is 0 Å². The van der Waals surface area contributed by atoms with Crippen molar-refractivity contribution < 1.29 is 13.9 Å². The molecule has 0 aromatic heterocycles. The summed E-state index contributed by atoms with van der Waals surface area (Å²) in [6.07, 6.45) is 3.45. The number of morpholine rings is 1. The third-order valence-corrected chi connectivity index (χ3v) is 3.92. The molecule has 4 nitrogen and oxygen atoms in total. The smallest absolute Gasteiger partial charge is 0.243 e. The molecule has 1 aromatic rings. The van der Waals surface area contributed by atoms with Crippen LogP contribution in [-0.2, 0) is 9.53 Å². The van der Waals surface area contributed by atoms with Crippen molar-refractivity contribution in [3.63, 3.8) is 0 Å². The molecule has 0 spiro atoms. The maximum atomic E-state index is 13.6. The fourth-order valence-electron chi connectivity index (χ4n) is 2.64. The number of carbonyl (C=O) groups excluding carboxylic acids is 1. The van der Waals surface area contributed by atoms with E-state index in [4.69, 9.17) is 4.74 Å². The van der Waals surface area contributed by atoms with Gasteiger partial charge in [-0.05, 0) is 29.2 Å². The summed E-state index contributed by atoms with van der Waals surface area (Å²) in [5.74, 6) is -0.385. The van der Waals surface area contributed by atoms with Crippen molar-refractivity contribution in [2.75, 3.05) is 32.8 Å². The van der Waals surface area contributed by atoms with E-state index in [2.05, 4.69) is 10.2 Å². The second-order valence-electron chi connectivity index (χ2n) is 7.16. The zero-order valence-electron chi connectivity index (χ0n) is 14.7. The number of amides is 1. The van der Waals surface area contributed by atoms with E-state index in [1.807, 2.05) is 32.9 Å². The highest BCUT2D eigenvalue weighted by molar-refractivity contribution is 5.87. The lowest BCUT2D eigenvalue weighted by Gasteiger charge is -2.34. The summed E-state index contributed by atoms with van der Waals surface area (Å²) < 4.78 is 19.0. The molecule has 0 saturated carbocycles. The lowest BCUT2D eigenvalue weighted by molar-refractivity contribution is -0.116. The Kier molecular flexibility index (Phi) is 6.52. The second-order valence-corrected chi connectivity index (χ2v) is 7.16. The number of rotatable bonds is 5. The third kappa shape index (κ3) is 6.06. The summed E-state index contributed by atoms with van der Waals surface area (Å²) in [5.41, 5.74) is 0.834. The van der Waals surface area contributed by atoms with E-state index in [-0.39, 0.29) is 23.2 Å². The number of benzene rings is 1. The van der Waals surface area contributed by atoms with Gasteiger partial charge in [-0.1, -0.05) is 39.0 Å². The number of hydrogen-bond donors (Lipinski definition) is 1. The lowest BCUT2D eigenvalue weighted by atomic mass is 9.96. The van der Waals surface area contributed by atoms with Crippen LogP contribution in [-0.4, -0.2) is 43.7 Å². The van der Waals surface area contributed by atoms with Gasteiger partial charge in [0.1, 0.15) is 5.82 Å².